The summed E-state index contributed by atoms with van der Waals surface area (Å²) in [6.45, 7) is 2.31. The van der Waals surface area contributed by atoms with Crippen LogP contribution in [0.15, 0.2) is 18.2 Å². The Morgan fingerprint density at radius 2 is 2.22 bits per heavy atom. The molecule has 98 valence electrons. The molecule has 0 aliphatic rings. The lowest BCUT2D eigenvalue weighted by molar-refractivity contribution is -0.384. The van der Waals surface area contributed by atoms with E-state index in [9.17, 15) is 14.9 Å². The van der Waals surface area contributed by atoms with Crippen molar-refractivity contribution in [1.82, 2.24) is 0 Å². The lowest BCUT2D eigenvalue weighted by Crippen LogP contribution is -2.28. The lowest BCUT2D eigenvalue weighted by Gasteiger charge is -2.12. The first kappa shape index (κ1) is 13.9. The van der Waals surface area contributed by atoms with Crippen LogP contribution in [-0.4, -0.2) is 23.4 Å². The van der Waals surface area contributed by atoms with Crippen LogP contribution in [0.3, 0.4) is 0 Å². The summed E-state index contributed by atoms with van der Waals surface area (Å²) in [4.78, 5) is 21.3. The number of nitro benzene ring substituents is 1. The predicted molar refractivity (Wildman–Crippen MR) is 68.4 cm³/mol. The monoisotopic (exact) mass is 252 g/mol. The van der Waals surface area contributed by atoms with E-state index >= 15 is 0 Å². The van der Waals surface area contributed by atoms with Gasteiger partial charge < -0.3 is 16.8 Å². The number of benzene rings is 1. The number of hydrogen-bond donors (Lipinski definition) is 3. The highest BCUT2D eigenvalue weighted by molar-refractivity contribution is 5.94. The number of nitro groups is 1. The first-order valence-electron chi connectivity index (χ1n) is 5.53. The number of hydrogen-bond acceptors (Lipinski definition) is 5. The van der Waals surface area contributed by atoms with E-state index in [0.717, 1.165) is 6.42 Å². The number of anilines is 1. The van der Waals surface area contributed by atoms with Crippen LogP contribution in [0.5, 0.6) is 0 Å². The molecule has 0 bridgehead atoms. The van der Waals surface area contributed by atoms with Gasteiger partial charge in [-0.1, -0.05) is 6.92 Å². The summed E-state index contributed by atoms with van der Waals surface area (Å²) >= 11 is 0. The first-order valence-corrected chi connectivity index (χ1v) is 5.53. The van der Waals surface area contributed by atoms with Crippen molar-refractivity contribution in [2.45, 2.75) is 19.4 Å². The summed E-state index contributed by atoms with van der Waals surface area (Å²) in [5.41, 5.74) is 11.2. The molecule has 7 heteroatoms. The van der Waals surface area contributed by atoms with Crippen molar-refractivity contribution in [2.75, 3.05) is 11.9 Å². The number of amides is 1. The van der Waals surface area contributed by atoms with E-state index in [1.54, 1.807) is 0 Å². The predicted octanol–water partition coefficient (Wildman–Crippen LogP) is 0.843. The third-order valence-electron chi connectivity index (χ3n) is 2.56. The molecule has 0 fully saturated rings. The van der Waals surface area contributed by atoms with Gasteiger partial charge in [-0.25, -0.2) is 0 Å². The molecule has 0 aliphatic heterocycles. The zero-order valence-corrected chi connectivity index (χ0v) is 10.1. The molecule has 0 saturated carbocycles. The molecule has 1 rings (SSSR count). The Balaban J connectivity index is 3.00. The number of primary amides is 1. The molecule has 1 aromatic rings. The average Bonchev–Trinajstić information content (AvgIpc) is 2.35. The smallest absolute Gasteiger partial charge is 0.292 e. The fourth-order valence-corrected chi connectivity index (χ4v) is 1.38. The molecule has 0 aromatic heterocycles. The standard InChI is InChI=1S/C11H16N4O3/c1-2-8(12)6-14-9-5-7(11(13)16)3-4-10(9)15(17)18/h3-5,8,14H,2,6,12H2,1H3,(H2,13,16). The largest absolute Gasteiger partial charge is 0.378 e. The fourth-order valence-electron chi connectivity index (χ4n) is 1.38. The Labute approximate surface area is 104 Å². The Bertz CT molecular complexity index is 462. The van der Waals surface area contributed by atoms with Crippen LogP contribution >= 0.6 is 0 Å². The summed E-state index contributed by atoms with van der Waals surface area (Å²) in [5.74, 6) is -0.632. The molecule has 18 heavy (non-hydrogen) atoms. The molecule has 0 radical (unpaired) electrons. The van der Waals surface area contributed by atoms with Gasteiger partial charge in [0.15, 0.2) is 0 Å². The van der Waals surface area contributed by atoms with Crippen LogP contribution in [0.1, 0.15) is 23.7 Å². The average molecular weight is 252 g/mol. The van der Waals surface area contributed by atoms with Crippen LogP contribution in [-0.2, 0) is 0 Å². The molecule has 0 spiro atoms. The van der Waals surface area contributed by atoms with Gasteiger partial charge in [-0.15, -0.1) is 0 Å². The van der Waals surface area contributed by atoms with E-state index in [4.69, 9.17) is 11.5 Å². The number of carbonyl (C=O) groups is 1. The highest BCUT2D eigenvalue weighted by atomic mass is 16.6. The summed E-state index contributed by atoms with van der Waals surface area (Å²) in [6, 6.07) is 3.83. The van der Waals surface area contributed by atoms with Crippen molar-refractivity contribution < 1.29 is 9.72 Å². The number of rotatable bonds is 6. The van der Waals surface area contributed by atoms with Gasteiger partial charge >= 0.3 is 0 Å². The third-order valence-corrected chi connectivity index (χ3v) is 2.56. The molecule has 1 amide bonds. The topological polar surface area (TPSA) is 124 Å². The summed E-state index contributed by atoms with van der Waals surface area (Å²) < 4.78 is 0. The second-order valence-corrected chi connectivity index (χ2v) is 3.90. The van der Waals surface area contributed by atoms with E-state index in [-0.39, 0.29) is 23.0 Å². The zero-order chi connectivity index (χ0) is 13.7. The van der Waals surface area contributed by atoms with Crippen molar-refractivity contribution in [3.63, 3.8) is 0 Å². The number of carbonyl (C=O) groups excluding carboxylic acids is 1. The van der Waals surface area contributed by atoms with Crippen molar-refractivity contribution in [2.24, 2.45) is 11.5 Å². The molecular weight excluding hydrogens is 236 g/mol. The van der Waals surface area contributed by atoms with E-state index < -0.39 is 10.8 Å². The van der Waals surface area contributed by atoms with E-state index in [2.05, 4.69) is 5.32 Å². The van der Waals surface area contributed by atoms with Crippen molar-refractivity contribution >= 4 is 17.3 Å². The normalized spacial score (nSPS) is 11.9. The third kappa shape index (κ3) is 3.42. The minimum atomic E-state index is -0.632. The molecule has 0 heterocycles. The van der Waals surface area contributed by atoms with Crippen LogP contribution in [0.4, 0.5) is 11.4 Å². The van der Waals surface area contributed by atoms with E-state index in [1.165, 1.54) is 18.2 Å². The van der Waals surface area contributed by atoms with Crippen LogP contribution < -0.4 is 16.8 Å². The number of nitrogens with one attached hydrogen (secondary N) is 1. The van der Waals surface area contributed by atoms with Crippen molar-refractivity contribution in [1.29, 1.82) is 0 Å². The van der Waals surface area contributed by atoms with Gasteiger partial charge in [-0.05, 0) is 18.6 Å². The number of nitrogens with zero attached hydrogens (tertiary/aromatic N) is 1. The maximum absolute atomic E-state index is 11.0. The highest BCUT2D eigenvalue weighted by Crippen LogP contribution is 2.25. The van der Waals surface area contributed by atoms with Gasteiger partial charge in [0.2, 0.25) is 5.91 Å². The minimum Gasteiger partial charge on any atom is -0.378 e. The summed E-state index contributed by atoms with van der Waals surface area (Å²) in [5, 5.41) is 13.7. The Morgan fingerprint density at radius 1 is 1.56 bits per heavy atom. The molecule has 5 N–H and O–H groups in total. The van der Waals surface area contributed by atoms with Gasteiger partial charge in [-0.3, -0.25) is 14.9 Å². The summed E-state index contributed by atoms with van der Waals surface area (Å²) in [7, 11) is 0. The van der Waals surface area contributed by atoms with Gasteiger partial charge in [0.25, 0.3) is 5.69 Å². The SMILES string of the molecule is CCC(N)CNc1cc(C(N)=O)ccc1[N+](=O)[O-]. The van der Waals surface area contributed by atoms with Gasteiger partial charge in [0.05, 0.1) is 4.92 Å². The molecule has 0 saturated heterocycles. The number of nitrogens with two attached hydrogens (primary N) is 2. The molecule has 7 nitrogen and oxygen atoms in total. The highest BCUT2D eigenvalue weighted by Gasteiger charge is 2.16. The van der Waals surface area contributed by atoms with Gasteiger partial charge in [0.1, 0.15) is 5.69 Å². The van der Waals surface area contributed by atoms with Crippen LogP contribution in [0, 0.1) is 10.1 Å². The zero-order valence-electron chi connectivity index (χ0n) is 10.1. The van der Waals surface area contributed by atoms with Gasteiger partial charge in [-0.2, -0.15) is 0 Å². The molecular formula is C11H16N4O3. The maximum atomic E-state index is 11.0. The second-order valence-electron chi connectivity index (χ2n) is 3.90. The summed E-state index contributed by atoms with van der Waals surface area (Å²) in [6.07, 6.45) is 0.746. The van der Waals surface area contributed by atoms with Gasteiger partial charge in [0, 0.05) is 24.2 Å². The Hall–Kier alpha value is -2.15. The fraction of sp³-hybridized carbons (Fsp3) is 0.364. The quantitative estimate of drug-likeness (QED) is 0.511. The van der Waals surface area contributed by atoms with Crippen LogP contribution in [0.2, 0.25) is 0 Å². The Kier molecular flexibility index (Phi) is 4.61. The molecule has 1 aromatic carbocycles. The lowest BCUT2D eigenvalue weighted by atomic mass is 10.1. The molecule has 1 atom stereocenters. The van der Waals surface area contributed by atoms with Crippen LogP contribution in [0.25, 0.3) is 0 Å². The van der Waals surface area contributed by atoms with Crippen molar-refractivity contribution in [3.05, 3.63) is 33.9 Å². The first-order chi connectivity index (χ1) is 8.45. The van der Waals surface area contributed by atoms with E-state index in [1.807, 2.05) is 6.92 Å². The van der Waals surface area contributed by atoms with Crippen molar-refractivity contribution in [3.8, 4) is 0 Å². The van der Waals surface area contributed by atoms with E-state index in [0.29, 0.717) is 6.54 Å². The molecule has 0 aliphatic carbocycles. The Morgan fingerprint density at radius 3 is 2.72 bits per heavy atom. The second kappa shape index (κ2) is 5.97. The molecule has 1 unspecified atom stereocenters. The maximum Gasteiger partial charge on any atom is 0.292 e. The minimum absolute atomic E-state index is 0.108.